The van der Waals surface area contributed by atoms with Crippen molar-refractivity contribution in [3.05, 3.63) is 41.2 Å². The summed E-state index contributed by atoms with van der Waals surface area (Å²) in [5.74, 6) is -3.43. The third-order valence-electron chi connectivity index (χ3n) is 2.94. The Morgan fingerprint density at radius 3 is 2.22 bits per heavy atom. The Balaban J connectivity index is 2.91. The van der Waals surface area contributed by atoms with E-state index < -0.39 is 42.6 Å². The first kappa shape index (κ1) is 22.5. The van der Waals surface area contributed by atoms with Gasteiger partial charge in [-0.2, -0.15) is 26.3 Å². The third kappa shape index (κ3) is 7.27. The van der Waals surface area contributed by atoms with Crippen molar-refractivity contribution in [1.82, 2.24) is 0 Å². The summed E-state index contributed by atoms with van der Waals surface area (Å²) >= 11 is 0. The molecular weight excluding hydrogens is 389 g/mol. The standard InChI is InChI=1S/C16H13F7O4/c1-2-26-12(24)6-4-10-7-9(3-5-11(10)17)8-13(25)27-14(15(18,19)20)16(21,22)23/h3-7,14H,2,8H2,1H3/b6-4+. The van der Waals surface area contributed by atoms with E-state index in [9.17, 15) is 40.3 Å². The van der Waals surface area contributed by atoms with Crippen LogP contribution in [0.5, 0.6) is 0 Å². The van der Waals surface area contributed by atoms with Gasteiger partial charge in [-0.1, -0.05) is 6.07 Å². The Morgan fingerprint density at radius 1 is 1.11 bits per heavy atom. The summed E-state index contributed by atoms with van der Waals surface area (Å²) in [5.41, 5.74) is -0.343. The molecule has 11 heteroatoms. The van der Waals surface area contributed by atoms with Crippen LogP contribution < -0.4 is 0 Å². The van der Waals surface area contributed by atoms with Crippen molar-refractivity contribution >= 4 is 18.0 Å². The fourth-order valence-corrected chi connectivity index (χ4v) is 1.84. The summed E-state index contributed by atoms with van der Waals surface area (Å²) in [6.45, 7) is 1.60. The number of ether oxygens (including phenoxy) is 2. The zero-order chi connectivity index (χ0) is 20.8. The quantitative estimate of drug-likeness (QED) is 0.410. The highest BCUT2D eigenvalue weighted by molar-refractivity contribution is 5.87. The van der Waals surface area contributed by atoms with Gasteiger partial charge in [-0.15, -0.1) is 0 Å². The van der Waals surface area contributed by atoms with Gasteiger partial charge in [0.1, 0.15) is 5.82 Å². The lowest BCUT2D eigenvalue weighted by Crippen LogP contribution is -2.45. The SMILES string of the molecule is CCOC(=O)/C=C/c1cc(CC(=O)OC(C(F)(F)F)C(F)(F)F)ccc1F. The zero-order valence-electron chi connectivity index (χ0n) is 13.7. The molecular formula is C16H13F7O4. The largest absolute Gasteiger partial charge is 0.463 e. The minimum absolute atomic E-state index is 0.0666. The molecule has 0 saturated carbocycles. The van der Waals surface area contributed by atoms with Crippen LogP contribution in [0, 0.1) is 5.82 Å². The van der Waals surface area contributed by atoms with Crippen LogP contribution in [0.2, 0.25) is 0 Å². The number of esters is 2. The van der Waals surface area contributed by atoms with E-state index in [0.29, 0.717) is 0 Å². The maximum Gasteiger partial charge on any atom is 0.434 e. The predicted molar refractivity (Wildman–Crippen MR) is 77.8 cm³/mol. The van der Waals surface area contributed by atoms with Crippen LogP contribution in [0.3, 0.4) is 0 Å². The van der Waals surface area contributed by atoms with Gasteiger partial charge in [0.15, 0.2) is 0 Å². The van der Waals surface area contributed by atoms with E-state index in [1.165, 1.54) is 6.92 Å². The number of carbonyl (C=O) groups excluding carboxylic acids is 2. The van der Waals surface area contributed by atoms with E-state index in [1.54, 1.807) is 0 Å². The second-order valence-electron chi connectivity index (χ2n) is 5.07. The molecule has 0 aliphatic heterocycles. The maximum absolute atomic E-state index is 13.6. The molecule has 0 radical (unpaired) electrons. The molecule has 0 aliphatic carbocycles. The van der Waals surface area contributed by atoms with E-state index in [0.717, 1.165) is 30.4 Å². The fraction of sp³-hybridized carbons (Fsp3) is 0.375. The highest BCUT2D eigenvalue weighted by atomic mass is 19.4. The molecule has 0 atom stereocenters. The molecule has 1 rings (SSSR count). The molecule has 0 spiro atoms. The minimum atomic E-state index is -5.83. The summed E-state index contributed by atoms with van der Waals surface area (Å²) in [6.07, 6.45) is -15.0. The van der Waals surface area contributed by atoms with Crippen molar-refractivity contribution in [2.75, 3.05) is 6.61 Å². The van der Waals surface area contributed by atoms with Gasteiger partial charge in [0.25, 0.3) is 6.10 Å². The number of hydrogen-bond acceptors (Lipinski definition) is 4. The minimum Gasteiger partial charge on any atom is -0.463 e. The molecule has 4 nitrogen and oxygen atoms in total. The second kappa shape index (κ2) is 8.87. The van der Waals surface area contributed by atoms with Gasteiger partial charge in [-0.3, -0.25) is 4.79 Å². The molecule has 0 aliphatic rings. The molecule has 0 N–H and O–H groups in total. The fourth-order valence-electron chi connectivity index (χ4n) is 1.84. The summed E-state index contributed by atoms with van der Waals surface area (Å²) in [7, 11) is 0. The van der Waals surface area contributed by atoms with E-state index in [2.05, 4.69) is 9.47 Å². The molecule has 150 valence electrons. The number of rotatable bonds is 6. The Hall–Kier alpha value is -2.59. The summed E-state index contributed by atoms with van der Waals surface area (Å²) in [6, 6.07) is 2.79. The Morgan fingerprint density at radius 2 is 1.70 bits per heavy atom. The van der Waals surface area contributed by atoms with Gasteiger partial charge in [-0.25, -0.2) is 9.18 Å². The third-order valence-corrected chi connectivity index (χ3v) is 2.94. The summed E-state index contributed by atoms with van der Waals surface area (Å²) in [4.78, 5) is 22.6. The Kier molecular flexibility index (Phi) is 7.37. The van der Waals surface area contributed by atoms with Gasteiger partial charge >= 0.3 is 24.3 Å². The zero-order valence-corrected chi connectivity index (χ0v) is 13.7. The van der Waals surface area contributed by atoms with Crippen molar-refractivity contribution in [2.24, 2.45) is 0 Å². The van der Waals surface area contributed by atoms with E-state index in [-0.39, 0.29) is 17.7 Å². The van der Waals surface area contributed by atoms with Crippen molar-refractivity contribution in [2.45, 2.75) is 31.8 Å². The van der Waals surface area contributed by atoms with Crippen molar-refractivity contribution in [1.29, 1.82) is 0 Å². The number of alkyl halides is 6. The van der Waals surface area contributed by atoms with Gasteiger partial charge in [0.2, 0.25) is 0 Å². The highest BCUT2D eigenvalue weighted by Crippen LogP contribution is 2.35. The molecule has 0 unspecified atom stereocenters. The van der Waals surface area contributed by atoms with Gasteiger partial charge in [-0.05, 0) is 30.7 Å². The van der Waals surface area contributed by atoms with Gasteiger partial charge in [0.05, 0.1) is 13.0 Å². The van der Waals surface area contributed by atoms with Crippen LogP contribution >= 0.6 is 0 Å². The second-order valence-corrected chi connectivity index (χ2v) is 5.07. The first-order chi connectivity index (χ1) is 12.3. The lowest BCUT2D eigenvalue weighted by Gasteiger charge is -2.22. The van der Waals surface area contributed by atoms with Gasteiger partial charge in [0, 0.05) is 11.6 Å². The van der Waals surface area contributed by atoms with Crippen LogP contribution in [-0.4, -0.2) is 37.0 Å². The van der Waals surface area contributed by atoms with E-state index in [4.69, 9.17) is 0 Å². The van der Waals surface area contributed by atoms with Gasteiger partial charge < -0.3 is 9.47 Å². The maximum atomic E-state index is 13.6. The molecule has 0 aromatic heterocycles. The average Bonchev–Trinajstić information content (AvgIpc) is 2.51. The number of carbonyl (C=O) groups is 2. The summed E-state index contributed by atoms with van der Waals surface area (Å²) in [5, 5.41) is 0. The first-order valence-corrected chi connectivity index (χ1v) is 7.30. The van der Waals surface area contributed by atoms with Crippen molar-refractivity contribution in [3.8, 4) is 0 Å². The van der Waals surface area contributed by atoms with Crippen LogP contribution in [0.25, 0.3) is 6.08 Å². The number of benzene rings is 1. The monoisotopic (exact) mass is 402 g/mol. The number of halogens is 7. The lowest BCUT2D eigenvalue weighted by atomic mass is 10.1. The molecule has 0 amide bonds. The molecule has 0 heterocycles. The Bertz CT molecular complexity index is 694. The topological polar surface area (TPSA) is 52.6 Å². The summed E-state index contributed by atoms with van der Waals surface area (Å²) < 4.78 is 96.0. The molecule has 1 aromatic rings. The molecule has 0 fully saturated rings. The lowest BCUT2D eigenvalue weighted by molar-refractivity contribution is -0.313. The Labute approximate surface area is 148 Å². The van der Waals surface area contributed by atoms with E-state index >= 15 is 0 Å². The first-order valence-electron chi connectivity index (χ1n) is 7.30. The molecule has 27 heavy (non-hydrogen) atoms. The average molecular weight is 402 g/mol. The highest BCUT2D eigenvalue weighted by Gasteiger charge is 2.59. The molecule has 1 aromatic carbocycles. The van der Waals surface area contributed by atoms with Crippen molar-refractivity contribution < 1.29 is 49.8 Å². The van der Waals surface area contributed by atoms with E-state index in [1.807, 2.05) is 0 Å². The smallest absolute Gasteiger partial charge is 0.434 e. The van der Waals surface area contributed by atoms with Crippen LogP contribution in [-0.2, 0) is 25.5 Å². The predicted octanol–water partition coefficient (Wildman–Crippen LogP) is 3.98. The molecule has 0 bridgehead atoms. The molecule has 0 saturated heterocycles. The van der Waals surface area contributed by atoms with Crippen LogP contribution in [0.15, 0.2) is 24.3 Å². The van der Waals surface area contributed by atoms with Crippen LogP contribution in [0.1, 0.15) is 18.1 Å². The normalized spacial score (nSPS) is 12.5. The van der Waals surface area contributed by atoms with Crippen LogP contribution in [0.4, 0.5) is 30.7 Å². The number of hydrogen-bond donors (Lipinski definition) is 0. The van der Waals surface area contributed by atoms with Crippen molar-refractivity contribution in [3.63, 3.8) is 0 Å².